The molecule has 0 fully saturated rings. The highest BCUT2D eigenvalue weighted by molar-refractivity contribution is 9.10. The average Bonchev–Trinajstić information content (AvgIpc) is 2.36. The second kappa shape index (κ2) is 5.41. The van der Waals surface area contributed by atoms with E-state index in [-0.39, 0.29) is 10.2 Å². The summed E-state index contributed by atoms with van der Waals surface area (Å²) in [5.74, 6) is -0.876. The third kappa shape index (κ3) is 3.10. The Kier molecular flexibility index (Phi) is 4.01. The Bertz CT molecular complexity index is 746. The Morgan fingerprint density at radius 3 is 2.40 bits per heavy atom. The largest absolute Gasteiger partial charge is 0.399 e. The minimum atomic E-state index is -4.04. The van der Waals surface area contributed by atoms with E-state index in [1.165, 1.54) is 6.07 Å². The summed E-state index contributed by atoms with van der Waals surface area (Å²) in [6.45, 7) is 1.88. The van der Waals surface area contributed by atoms with Crippen LogP contribution >= 0.6 is 15.9 Å². The van der Waals surface area contributed by atoms with E-state index in [1.54, 1.807) is 24.3 Å². The van der Waals surface area contributed by atoms with Gasteiger partial charge >= 0.3 is 0 Å². The van der Waals surface area contributed by atoms with Crippen molar-refractivity contribution >= 4 is 37.3 Å². The van der Waals surface area contributed by atoms with Gasteiger partial charge in [0.05, 0.1) is 4.47 Å². The maximum Gasteiger partial charge on any atom is 0.264 e. The number of hydrogen-bond acceptors (Lipinski definition) is 3. The number of nitrogen functional groups attached to an aromatic ring is 1. The molecule has 0 bridgehead atoms. The summed E-state index contributed by atoms with van der Waals surface area (Å²) in [5, 5.41) is 0. The number of anilines is 2. The van der Waals surface area contributed by atoms with Crippen molar-refractivity contribution in [3.63, 3.8) is 0 Å². The molecule has 0 aliphatic carbocycles. The van der Waals surface area contributed by atoms with Crippen LogP contribution < -0.4 is 10.5 Å². The fourth-order valence-electron chi connectivity index (χ4n) is 1.61. The van der Waals surface area contributed by atoms with Crippen LogP contribution in [0.2, 0.25) is 0 Å². The van der Waals surface area contributed by atoms with Crippen LogP contribution in [0.15, 0.2) is 45.8 Å². The molecule has 2 aromatic rings. The summed E-state index contributed by atoms with van der Waals surface area (Å²) in [4.78, 5) is -0.495. The standard InChI is InChI=1S/C13H12BrFN2O2S/c1-8-2-4-10(5-3-8)17-20(18,19)12-7-9(16)6-11(14)13(12)15/h2-7,17H,16H2,1H3. The van der Waals surface area contributed by atoms with Crippen molar-refractivity contribution in [2.75, 3.05) is 10.5 Å². The Hall–Kier alpha value is -1.60. The van der Waals surface area contributed by atoms with Crippen LogP contribution in [-0.2, 0) is 10.0 Å². The number of nitrogens with two attached hydrogens (primary N) is 1. The first-order valence-electron chi connectivity index (χ1n) is 5.63. The van der Waals surface area contributed by atoms with E-state index in [0.29, 0.717) is 5.69 Å². The monoisotopic (exact) mass is 358 g/mol. The third-order valence-electron chi connectivity index (χ3n) is 2.61. The quantitative estimate of drug-likeness (QED) is 0.827. The Morgan fingerprint density at radius 1 is 1.20 bits per heavy atom. The van der Waals surface area contributed by atoms with Gasteiger partial charge in [0.25, 0.3) is 10.0 Å². The molecular formula is C13H12BrFN2O2S. The van der Waals surface area contributed by atoms with Gasteiger partial charge in [0.2, 0.25) is 0 Å². The molecule has 0 radical (unpaired) electrons. The molecule has 7 heteroatoms. The number of nitrogens with one attached hydrogen (secondary N) is 1. The maximum atomic E-state index is 13.9. The lowest BCUT2D eigenvalue weighted by atomic mass is 10.2. The summed E-state index contributed by atoms with van der Waals surface area (Å²) in [7, 11) is -4.04. The molecule has 0 aromatic heterocycles. The number of halogens is 2. The molecule has 0 atom stereocenters. The molecule has 2 rings (SSSR count). The van der Waals surface area contributed by atoms with Crippen LogP contribution in [0.1, 0.15) is 5.56 Å². The topological polar surface area (TPSA) is 72.2 Å². The zero-order valence-electron chi connectivity index (χ0n) is 10.5. The summed E-state index contributed by atoms with van der Waals surface area (Å²) in [6.07, 6.45) is 0. The normalized spacial score (nSPS) is 11.3. The van der Waals surface area contributed by atoms with E-state index in [0.717, 1.165) is 11.6 Å². The maximum absolute atomic E-state index is 13.9. The molecule has 0 spiro atoms. The molecular weight excluding hydrogens is 347 g/mol. The number of aryl methyl sites for hydroxylation is 1. The van der Waals surface area contributed by atoms with Gasteiger partial charge in [-0.1, -0.05) is 17.7 Å². The van der Waals surface area contributed by atoms with Gasteiger partial charge in [-0.15, -0.1) is 0 Å². The smallest absolute Gasteiger partial charge is 0.264 e. The highest BCUT2D eigenvalue weighted by Gasteiger charge is 2.21. The molecule has 0 unspecified atom stereocenters. The van der Waals surface area contributed by atoms with Gasteiger partial charge in [0.1, 0.15) is 4.90 Å². The molecule has 0 heterocycles. The van der Waals surface area contributed by atoms with Crippen molar-refractivity contribution in [2.45, 2.75) is 11.8 Å². The van der Waals surface area contributed by atoms with E-state index in [9.17, 15) is 12.8 Å². The molecule has 0 amide bonds. The van der Waals surface area contributed by atoms with Gasteiger partial charge in [-0.25, -0.2) is 12.8 Å². The molecule has 0 saturated carbocycles. The first-order chi connectivity index (χ1) is 9.29. The first-order valence-corrected chi connectivity index (χ1v) is 7.91. The molecule has 20 heavy (non-hydrogen) atoms. The van der Waals surface area contributed by atoms with E-state index in [1.807, 2.05) is 6.92 Å². The molecule has 0 saturated heterocycles. The van der Waals surface area contributed by atoms with Crippen molar-refractivity contribution in [3.8, 4) is 0 Å². The van der Waals surface area contributed by atoms with Gasteiger partial charge < -0.3 is 5.73 Å². The molecule has 0 aliphatic rings. The minimum absolute atomic E-state index is 0.00165. The Balaban J connectivity index is 2.43. The van der Waals surface area contributed by atoms with Gasteiger partial charge in [-0.3, -0.25) is 4.72 Å². The lowest BCUT2D eigenvalue weighted by Gasteiger charge is -2.10. The second-order valence-corrected chi connectivity index (χ2v) is 6.79. The van der Waals surface area contributed by atoms with Crippen LogP contribution in [0.3, 0.4) is 0 Å². The lowest BCUT2D eigenvalue weighted by Crippen LogP contribution is -2.15. The van der Waals surface area contributed by atoms with Crippen LogP contribution in [0.5, 0.6) is 0 Å². The Morgan fingerprint density at radius 2 is 1.80 bits per heavy atom. The van der Waals surface area contributed by atoms with Crippen molar-refractivity contribution in [2.24, 2.45) is 0 Å². The molecule has 0 aliphatic heterocycles. The van der Waals surface area contributed by atoms with E-state index >= 15 is 0 Å². The number of benzene rings is 2. The predicted molar refractivity (Wildman–Crippen MR) is 80.5 cm³/mol. The summed E-state index contributed by atoms with van der Waals surface area (Å²) in [5.41, 5.74) is 7.05. The van der Waals surface area contributed by atoms with Gasteiger partial charge in [-0.05, 0) is 47.1 Å². The molecule has 4 nitrogen and oxygen atoms in total. The van der Waals surface area contributed by atoms with E-state index in [2.05, 4.69) is 20.7 Å². The first kappa shape index (κ1) is 14.8. The van der Waals surface area contributed by atoms with Crippen LogP contribution in [0.4, 0.5) is 15.8 Å². The van der Waals surface area contributed by atoms with Crippen LogP contribution in [0, 0.1) is 12.7 Å². The highest BCUT2D eigenvalue weighted by Crippen LogP contribution is 2.27. The molecule has 106 valence electrons. The molecule has 2 aromatic carbocycles. The average molecular weight is 359 g/mol. The fourth-order valence-corrected chi connectivity index (χ4v) is 3.41. The molecule has 3 N–H and O–H groups in total. The van der Waals surface area contributed by atoms with Crippen molar-refractivity contribution < 1.29 is 12.8 Å². The highest BCUT2D eigenvalue weighted by atomic mass is 79.9. The van der Waals surface area contributed by atoms with Gasteiger partial charge in [-0.2, -0.15) is 0 Å². The summed E-state index contributed by atoms with van der Waals surface area (Å²) >= 11 is 2.94. The fraction of sp³-hybridized carbons (Fsp3) is 0.0769. The van der Waals surface area contributed by atoms with Crippen molar-refractivity contribution in [1.82, 2.24) is 0 Å². The number of hydrogen-bond donors (Lipinski definition) is 2. The summed E-state index contributed by atoms with van der Waals surface area (Å²) < 4.78 is 40.6. The van der Waals surface area contributed by atoms with E-state index in [4.69, 9.17) is 5.73 Å². The zero-order chi connectivity index (χ0) is 14.9. The second-order valence-electron chi connectivity index (χ2n) is 4.29. The minimum Gasteiger partial charge on any atom is -0.399 e. The van der Waals surface area contributed by atoms with Crippen molar-refractivity contribution in [3.05, 3.63) is 52.3 Å². The van der Waals surface area contributed by atoms with Crippen LogP contribution in [-0.4, -0.2) is 8.42 Å². The van der Waals surface area contributed by atoms with Crippen LogP contribution in [0.25, 0.3) is 0 Å². The predicted octanol–water partition coefficient (Wildman–Crippen LogP) is 3.28. The third-order valence-corrected chi connectivity index (χ3v) is 4.57. The van der Waals surface area contributed by atoms with Gasteiger partial charge in [0.15, 0.2) is 5.82 Å². The SMILES string of the molecule is Cc1ccc(NS(=O)(=O)c2cc(N)cc(Br)c2F)cc1. The number of sulfonamides is 1. The van der Waals surface area contributed by atoms with E-state index < -0.39 is 20.7 Å². The Labute approximate surface area is 125 Å². The van der Waals surface area contributed by atoms with Gasteiger partial charge in [0, 0.05) is 11.4 Å². The summed E-state index contributed by atoms with van der Waals surface area (Å²) in [6, 6.07) is 9.10. The zero-order valence-corrected chi connectivity index (χ0v) is 12.9. The number of rotatable bonds is 3. The lowest BCUT2D eigenvalue weighted by molar-refractivity contribution is 0.567. The van der Waals surface area contributed by atoms with Crippen molar-refractivity contribution in [1.29, 1.82) is 0 Å².